The van der Waals surface area contributed by atoms with Crippen LogP contribution in [0.2, 0.25) is 5.02 Å². The lowest BCUT2D eigenvalue weighted by molar-refractivity contribution is 0.0606. The van der Waals surface area contributed by atoms with Crippen LogP contribution in [0.4, 0.5) is 0 Å². The van der Waals surface area contributed by atoms with Gasteiger partial charge in [-0.3, -0.25) is 0 Å². The number of hydrogen-bond donors (Lipinski definition) is 0. The zero-order valence-electron chi connectivity index (χ0n) is 6.67. The van der Waals surface area contributed by atoms with Gasteiger partial charge in [0, 0.05) is 4.70 Å². The van der Waals surface area contributed by atoms with Crippen LogP contribution >= 0.6 is 34.3 Å². The monoisotopic (exact) mass is 232 g/mol. The molecule has 0 spiro atoms. The average molecular weight is 233 g/mol. The molecule has 0 bridgehead atoms. The van der Waals surface area contributed by atoms with Crippen LogP contribution in [0.1, 0.15) is 9.67 Å². The summed E-state index contributed by atoms with van der Waals surface area (Å²) < 4.78 is 6.61. The van der Waals surface area contributed by atoms with Gasteiger partial charge in [-0.05, 0) is 11.4 Å². The first-order valence-corrected chi connectivity index (χ1v) is 5.55. The predicted octanol–water partition coefficient (Wildman–Crippen LogP) is 3.40. The van der Waals surface area contributed by atoms with Crippen LogP contribution in [0.3, 0.4) is 0 Å². The Balaban J connectivity index is 2.64. The minimum Gasteiger partial charge on any atom is -0.465 e. The molecular formula is C8H5ClO2S2. The molecule has 0 saturated carbocycles. The molecule has 0 saturated heterocycles. The molecule has 0 unspecified atom stereocenters. The maximum absolute atomic E-state index is 11.2. The normalized spacial score (nSPS) is 10.6. The van der Waals surface area contributed by atoms with Crippen LogP contribution in [0.5, 0.6) is 0 Å². The molecule has 5 heteroatoms. The van der Waals surface area contributed by atoms with E-state index in [0.717, 1.165) is 9.40 Å². The molecule has 0 aliphatic rings. The van der Waals surface area contributed by atoms with Gasteiger partial charge in [0.25, 0.3) is 0 Å². The summed E-state index contributed by atoms with van der Waals surface area (Å²) in [4.78, 5) is 11.7. The third kappa shape index (κ3) is 1.35. The number of fused-ring (bicyclic) bond motifs is 1. The Kier molecular flexibility index (Phi) is 2.27. The molecule has 0 N–H and O–H groups in total. The molecule has 2 aromatic heterocycles. The molecule has 2 heterocycles. The van der Waals surface area contributed by atoms with Crippen molar-refractivity contribution in [1.82, 2.24) is 0 Å². The smallest absolute Gasteiger partial charge is 0.349 e. The van der Waals surface area contributed by atoms with E-state index < -0.39 is 0 Å². The van der Waals surface area contributed by atoms with E-state index in [1.165, 1.54) is 29.8 Å². The Labute approximate surface area is 87.7 Å². The minimum atomic E-state index is -0.363. The molecular weight excluding hydrogens is 228 g/mol. The number of rotatable bonds is 1. The number of halogens is 1. The summed E-state index contributed by atoms with van der Waals surface area (Å²) in [7, 11) is 1.35. The van der Waals surface area contributed by atoms with Crippen molar-refractivity contribution in [3.63, 3.8) is 0 Å². The molecule has 0 atom stereocenters. The fourth-order valence-electron chi connectivity index (χ4n) is 1.02. The number of methoxy groups -OCH3 is 1. The molecule has 13 heavy (non-hydrogen) atoms. The topological polar surface area (TPSA) is 26.3 Å². The third-order valence-electron chi connectivity index (χ3n) is 1.61. The molecule has 0 aliphatic heterocycles. The quantitative estimate of drug-likeness (QED) is 0.705. The Morgan fingerprint density at radius 3 is 3.00 bits per heavy atom. The average Bonchev–Trinajstić information content (AvgIpc) is 2.68. The molecule has 2 nitrogen and oxygen atoms in total. The van der Waals surface area contributed by atoms with Crippen LogP contribution in [0, 0.1) is 0 Å². The zero-order valence-corrected chi connectivity index (χ0v) is 9.05. The van der Waals surface area contributed by atoms with E-state index in [2.05, 4.69) is 4.74 Å². The highest BCUT2D eigenvalue weighted by atomic mass is 35.5. The van der Waals surface area contributed by atoms with Crippen molar-refractivity contribution < 1.29 is 9.53 Å². The summed E-state index contributed by atoms with van der Waals surface area (Å²) in [5.74, 6) is -0.363. The van der Waals surface area contributed by atoms with Crippen LogP contribution in [0.25, 0.3) is 9.40 Å². The molecule has 2 rings (SSSR count). The van der Waals surface area contributed by atoms with Crippen LogP contribution in [-0.2, 0) is 4.74 Å². The molecule has 0 amide bonds. The number of carbonyl (C=O) groups is 1. The maximum Gasteiger partial charge on any atom is 0.349 e. The maximum atomic E-state index is 11.2. The summed E-state index contributed by atoms with van der Waals surface area (Å²) in [5, 5.41) is 2.47. The fraction of sp³-hybridized carbons (Fsp3) is 0.125. The lowest BCUT2D eigenvalue weighted by atomic mass is 10.4. The Hall–Kier alpha value is -0.580. The highest BCUT2D eigenvalue weighted by Gasteiger charge is 2.17. The second-order valence-electron chi connectivity index (χ2n) is 2.35. The number of esters is 1. The molecule has 68 valence electrons. The lowest BCUT2D eigenvalue weighted by Gasteiger charge is -1.93. The van der Waals surface area contributed by atoms with E-state index in [-0.39, 0.29) is 5.97 Å². The summed E-state index contributed by atoms with van der Waals surface area (Å²) >= 11 is 8.89. The Bertz CT molecular complexity index is 458. The molecule has 0 aliphatic carbocycles. The van der Waals surface area contributed by atoms with Gasteiger partial charge < -0.3 is 4.74 Å². The number of hydrogen-bond acceptors (Lipinski definition) is 4. The lowest BCUT2D eigenvalue weighted by Crippen LogP contribution is -1.97. The second-order valence-corrected chi connectivity index (χ2v) is 4.70. The van der Waals surface area contributed by atoms with E-state index in [1.807, 2.05) is 11.4 Å². The predicted molar refractivity (Wildman–Crippen MR) is 56.1 cm³/mol. The van der Waals surface area contributed by atoms with Gasteiger partial charge in [0.1, 0.15) is 4.88 Å². The van der Waals surface area contributed by atoms with Gasteiger partial charge in [-0.15, -0.1) is 22.7 Å². The van der Waals surface area contributed by atoms with Crippen molar-refractivity contribution in [2.24, 2.45) is 0 Å². The highest BCUT2D eigenvalue weighted by molar-refractivity contribution is 7.29. The van der Waals surface area contributed by atoms with Gasteiger partial charge in [0.2, 0.25) is 0 Å². The first kappa shape index (κ1) is 8.99. The standard InChI is InChI=1S/C8H5ClO2S2/c1-11-8(10)7-5(9)6-4(13-7)2-3-12-6/h2-3H,1H3. The molecule has 2 aromatic rings. The third-order valence-corrected chi connectivity index (χ3v) is 4.41. The van der Waals surface area contributed by atoms with Crippen molar-refractivity contribution in [1.29, 1.82) is 0 Å². The van der Waals surface area contributed by atoms with Crippen molar-refractivity contribution in [3.05, 3.63) is 21.3 Å². The summed E-state index contributed by atoms with van der Waals surface area (Å²) in [6, 6.07) is 1.95. The summed E-state index contributed by atoms with van der Waals surface area (Å²) in [5.41, 5.74) is 0. The van der Waals surface area contributed by atoms with Gasteiger partial charge in [0.15, 0.2) is 0 Å². The Morgan fingerprint density at radius 2 is 2.38 bits per heavy atom. The SMILES string of the molecule is COC(=O)c1sc2ccsc2c1Cl. The summed E-state index contributed by atoms with van der Waals surface area (Å²) in [6.45, 7) is 0. The van der Waals surface area contributed by atoms with Crippen LogP contribution in [-0.4, -0.2) is 13.1 Å². The molecule has 0 radical (unpaired) electrons. The van der Waals surface area contributed by atoms with Gasteiger partial charge in [-0.2, -0.15) is 0 Å². The van der Waals surface area contributed by atoms with E-state index in [4.69, 9.17) is 11.6 Å². The number of carbonyl (C=O) groups excluding carboxylic acids is 1. The van der Waals surface area contributed by atoms with E-state index >= 15 is 0 Å². The second kappa shape index (κ2) is 3.29. The van der Waals surface area contributed by atoms with E-state index in [1.54, 1.807) is 0 Å². The first-order valence-electron chi connectivity index (χ1n) is 3.48. The number of ether oxygens (including phenoxy) is 1. The fourth-order valence-corrected chi connectivity index (χ4v) is 3.56. The zero-order chi connectivity index (χ0) is 9.42. The summed E-state index contributed by atoms with van der Waals surface area (Å²) in [6.07, 6.45) is 0. The van der Waals surface area contributed by atoms with Crippen molar-refractivity contribution in [2.75, 3.05) is 7.11 Å². The van der Waals surface area contributed by atoms with E-state index in [9.17, 15) is 4.79 Å². The minimum absolute atomic E-state index is 0.363. The largest absolute Gasteiger partial charge is 0.465 e. The van der Waals surface area contributed by atoms with Gasteiger partial charge in [-0.25, -0.2) is 4.79 Å². The van der Waals surface area contributed by atoms with Crippen molar-refractivity contribution >= 4 is 49.6 Å². The number of thiophene rings is 2. The van der Waals surface area contributed by atoms with Crippen LogP contribution in [0.15, 0.2) is 11.4 Å². The van der Waals surface area contributed by atoms with Crippen LogP contribution < -0.4 is 0 Å². The molecule has 0 aromatic carbocycles. The van der Waals surface area contributed by atoms with Crippen molar-refractivity contribution in [2.45, 2.75) is 0 Å². The highest BCUT2D eigenvalue weighted by Crippen LogP contribution is 2.38. The van der Waals surface area contributed by atoms with Gasteiger partial charge in [0.05, 0.1) is 16.8 Å². The Morgan fingerprint density at radius 1 is 1.62 bits per heavy atom. The first-order chi connectivity index (χ1) is 6.24. The van der Waals surface area contributed by atoms with E-state index in [0.29, 0.717) is 9.90 Å². The van der Waals surface area contributed by atoms with Gasteiger partial charge >= 0.3 is 5.97 Å². The van der Waals surface area contributed by atoms with Crippen molar-refractivity contribution in [3.8, 4) is 0 Å². The molecule has 0 fully saturated rings. The van der Waals surface area contributed by atoms with Gasteiger partial charge in [-0.1, -0.05) is 11.6 Å².